The lowest BCUT2D eigenvalue weighted by atomic mass is 9.78. The molecule has 0 radical (unpaired) electrons. The number of anilines is 1. The molecule has 1 aliphatic rings. The minimum atomic E-state index is -0.591. The molecular formula is C25H29N3O4. The highest BCUT2D eigenvalue weighted by atomic mass is 16.5. The summed E-state index contributed by atoms with van der Waals surface area (Å²) in [5.41, 5.74) is 1.96. The maximum absolute atomic E-state index is 12.6. The Morgan fingerprint density at radius 2 is 1.75 bits per heavy atom. The first-order chi connectivity index (χ1) is 15.4. The SMILES string of the molecule is CC(C)(CO)NC(=O)[C@H]1CC[C@H](c2ccc(NC(=O)c3onc4ccccc34)cc2)CC1. The smallest absolute Gasteiger partial charge is 0.294 e. The van der Waals surface area contributed by atoms with E-state index in [-0.39, 0.29) is 30.1 Å². The molecule has 2 amide bonds. The third-order valence-corrected chi connectivity index (χ3v) is 6.18. The van der Waals surface area contributed by atoms with Crippen LogP contribution in [0.4, 0.5) is 5.69 Å². The predicted octanol–water partition coefficient (Wildman–Crippen LogP) is 4.24. The Labute approximate surface area is 187 Å². The van der Waals surface area contributed by atoms with Gasteiger partial charge in [0.05, 0.1) is 17.5 Å². The molecule has 7 heteroatoms. The number of hydrogen-bond donors (Lipinski definition) is 3. The zero-order valence-electron chi connectivity index (χ0n) is 18.4. The lowest BCUT2D eigenvalue weighted by molar-refractivity contribution is -0.128. The summed E-state index contributed by atoms with van der Waals surface area (Å²) in [5, 5.41) is 19.8. The van der Waals surface area contributed by atoms with E-state index >= 15 is 0 Å². The number of nitrogens with zero attached hydrogens (tertiary/aromatic N) is 1. The monoisotopic (exact) mass is 435 g/mol. The highest BCUT2D eigenvalue weighted by Gasteiger charge is 2.30. The van der Waals surface area contributed by atoms with E-state index in [0.29, 0.717) is 22.5 Å². The molecule has 7 nitrogen and oxygen atoms in total. The number of rotatable bonds is 6. The van der Waals surface area contributed by atoms with E-state index in [1.165, 1.54) is 5.56 Å². The van der Waals surface area contributed by atoms with Crippen LogP contribution in [-0.2, 0) is 4.79 Å². The maximum Gasteiger partial charge on any atom is 0.294 e. The van der Waals surface area contributed by atoms with Gasteiger partial charge in [0.1, 0.15) is 5.52 Å². The number of carbonyl (C=O) groups is 2. The topological polar surface area (TPSA) is 104 Å². The van der Waals surface area contributed by atoms with Crippen LogP contribution in [0, 0.1) is 5.92 Å². The maximum atomic E-state index is 12.6. The van der Waals surface area contributed by atoms with E-state index < -0.39 is 5.54 Å². The molecule has 0 aliphatic heterocycles. The average Bonchev–Trinajstić information content (AvgIpc) is 3.24. The van der Waals surface area contributed by atoms with Crippen molar-refractivity contribution in [2.75, 3.05) is 11.9 Å². The molecule has 0 unspecified atom stereocenters. The van der Waals surface area contributed by atoms with Crippen molar-refractivity contribution in [2.24, 2.45) is 5.92 Å². The minimum Gasteiger partial charge on any atom is -0.394 e. The number of amides is 2. The fourth-order valence-corrected chi connectivity index (χ4v) is 4.24. The predicted molar refractivity (Wildman–Crippen MR) is 122 cm³/mol. The van der Waals surface area contributed by atoms with Crippen LogP contribution in [0.2, 0.25) is 0 Å². The van der Waals surface area contributed by atoms with Gasteiger partial charge in [-0.2, -0.15) is 0 Å². The zero-order chi connectivity index (χ0) is 22.7. The first-order valence-electron chi connectivity index (χ1n) is 11.0. The Morgan fingerprint density at radius 3 is 2.44 bits per heavy atom. The van der Waals surface area contributed by atoms with Crippen molar-refractivity contribution in [3.8, 4) is 0 Å². The zero-order valence-corrected chi connectivity index (χ0v) is 18.4. The van der Waals surface area contributed by atoms with Gasteiger partial charge < -0.3 is 20.3 Å². The Kier molecular flexibility index (Phi) is 6.28. The van der Waals surface area contributed by atoms with Crippen LogP contribution in [-0.4, -0.2) is 34.2 Å². The number of fused-ring (bicyclic) bond motifs is 1. The quantitative estimate of drug-likeness (QED) is 0.537. The van der Waals surface area contributed by atoms with E-state index in [2.05, 4.69) is 15.8 Å². The molecule has 1 aromatic heterocycles. The van der Waals surface area contributed by atoms with Gasteiger partial charge in [0.15, 0.2) is 0 Å². The second kappa shape index (κ2) is 9.12. The van der Waals surface area contributed by atoms with Gasteiger partial charge in [0, 0.05) is 11.6 Å². The summed E-state index contributed by atoms with van der Waals surface area (Å²) in [4.78, 5) is 25.1. The van der Waals surface area contributed by atoms with Crippen molar-refractivity contribution in [3.63, 3.8) is 0 Å². The van der Waals surface area contributed by atoms with Crippen LogP contribution >= 0.6 is 0 Å². The van der Waals surface area contributed by atoms with E-state index in [1.54, 1.807) is 6.07 Å². The Morgan fingerprint density at radius 1 is 1.06 bits per heavy atom. The minimum absolute atomic E-state index is 0.00707. The van der Waals surface area contributed by atoms with Gasteiger partial charge in [-0.05, 0) is 75.3 Å². The first-order valence-corrected chi connectivity index (χ1v) is 11.0. The van der Waals surface area contributed by atoms with Crippen LogP contribution in [0.3, 0.4) is 0 Å². The van der Waals surface area contributed by atoms with E-state index in [0.717, 1.165) is 25.7 Å². The van der Waals surface area contributed by atoms with Gasteiger partial charge >= 0.3 is 0 Å². The summed E-state index contributed by atoms with van der Waals surface area (Å²) in [6.07, 6.45) is 3.53. The molecule has 3 aromatic rings. The molecule has 0 spiro atoms. The highest BCUT2D eigenvalue weighted by Crippen LogP contribution is 2.36. The van der Waals surface area contributed by atoms with Crippen LogP contribution in [0.5, 0.6) is 0 Å². The molecule has 32 heavy (non-hydrogen) atoms. The summed E-state index contributed by atoms with van der Waals surface area (Å²) in [7, 11) is 0. The van der Waals surface area contributed by atoms with Crippen molar-refractivity contribution in [1.82, 2.24) is 10.5 Å². The van der Waals surface area contributed by atoms with Crippen molar-refractivity contribution in [2.45, 2.75) is 51.0 Å². The standard InChI is InChI=1S/C25H29N3O4/c1-25(2,15-29)27-23(30)18-9-7-16(8-10-18)17-11-13-19(14-12-17)26-24(31)22-20-5-3-4-6-21(20)28-32-22/h3-6,11-14,16,18,29H,7-10,15H2,1-2H3,(H,26,31)(H,27,30)/t16-,18-. The third-order valence-electron chi connectivity index (χ3n) is 6.18. The van der Waals surface area contributed by atoms with E-state index in [9.17, 15) is 14.7 Å². The van der Waals surface area contributed by atoms with Crippen molar-refractivity contribution in [3.05, 3.63) is 59.9 Å². The van der Waals surface area contributed by atoms with E-state index in [1.807, 2.05) is 56.3 Å². The van der Waals surface area contributed by atoms with Crippen molar-refractivity contribution >= 4 is 28.4 Å². The fourth-order valence-electron chi connectivity index (χ4n) is 4.24. The highest BCUT2D eigenvalue weighted by molar-refractivity contribution is 6.10. The lowest BCUT2D eigenvalue weighted by Crippen LogP contribution is -2.49. The van der Waals surface area contributed by atoms with Gasteiger partial charge in [0.2, 0.25) is 11.7 Å². The number of benzene rings is 2. The number of aromatic nitrogens is 1. The van der Waals surface area contributed by atoms with Crippen LogP contribution < -0.4 is 10.6 Å². The largest absolute Gasteiger partial charge is 0.394 e. The number of aliphatic hydroxyl groups is 1. The van der Waals surface area contributed by atoms with Gasteiger partial charge in [0.25, 0.3) is 5.91 Å². The van der Waals surface area contributed by atoms with Gasteiger partial charge in [-0.3, -0.25) is 9.59 Å². The van der Waals surface area contributed by atoms with Crippen LogP contribution in [0.25, 0.3) is 10.9 Å². The van der Waals surface area contributed by atoms with Gasteiger partial charge in [-0.1, -0.05) is 29.4 Å². The molecule has 0 saturated heterocycles. The molecule has 1 fully saturated rings. The molecule has 168 valence electrons. The number of aliphatic hydroxyl groups excluding tert-OH is 1. The summed E-state index contributed by atoms with van der Waals surface area (Å²) >= 11 is 0. The van der Waals surface area contributed by atoms with Gasteiger partial charge in [-0.15, -0.1) is 0 Å². The molecule has 1 heterocycles. The number of nitrogens with one attached hydrogen (secondary N) is 2. The summed E-state index contributed by atoms with van der Waals surface area (Å²) in [6.45, 7) is 3.56. The molecule has 4 rings (SSSR count). The van der Waals surface area contributed by atoms with Crippen molar-refractivity contribution < 1.29 is 19.2 Å². The molecule has 1 aliphatic carbocycles. The Balaban J connectivity index is 1.33. The first kappa shape index (κ1) is 22.0. The summed E-state index contributed by atoms with van der Waals surface area (Å²) in [5.74, 6) is 0.287. The Bertz CT molecular complexity index is 1100. The fraction of sp³-hybridized carbons (Fsp3) is 0.400. The molecule has 0 atom stereocenters. The second-order valence-corrected chi connectivity index (χ2v) is 9.18. The normalized spacial score (nSPS) is 19.0. The molecule has 1 saturated carbocycles. The molecule has 2 aromatic carbocycles. The van der Waals surface area contributed by atoms with Crippen LogP contribution in [0.1, 0.15) is 61.6 Å². The number of carbonyl (C=O) groups excluding carboxylic acids is 2. The molecule has 0 bridgehead atoms. The van der Waals surface area contributed by atoms with E-state index in [4.69, 9.17) is 4.52 Å². The number of hydrogen-bond acceptors (Lipinski definition) is 5. The Hall–Kier alpha value is -3.19. The molecular weight excluding hydrogens is 406 g/mol. The van der Waals surface area contributed by atoms with Crippen LogP contribution in [0.15, 0.2) is 53.1 Å². The molecule has 3 N–H and O–H groups in total. The van der Waals surface area contributed by atoms with Gasteiger partial charge in [-0.25, -0.2) is 0 Å². The van der Waals surface area contributed by atoms with Crippen molar-refractivity contribution in [1.29, 1.82) is 0 Å². The lowest BCUT2D eigenvalue weighted by Gasteiger charge is -2.31. The second-order valence-electron chi connectivity index (χ2n) is 9.18. The third kappa shape index (κ3) is 4.83. The summed E-state index contributed by atoms with van der Waals surface area (Å²) < 4.78 is 5.23. The summed E-state index contributed by atoms with van der Waals surface area (Å²) in [6, 6.07) is 15.2. The average molecular weight is 436 g/mol.